The minimum atomic E-state index is -0.847. The fraction of sp³-hybridized carbons (Fsp3) is 0.235. The fourth-order valence-electron chi connectivity index (χ4n) is 2.28. The number of anilines is 2. The Hall–Kier alpha value is -2.37. The number of carbonyl (C=O) groups is 1. The van der Waals surface area contributed by atoms with Gasteiger partial charge < -0.3 is 20.4 Å². The highest BCUT2D eigenvalue weighted by Crippen LogP contribution is 2.23. The zero-order chi connectivity index (χ0) is 16.1. The highest BCUT2D eigenvalue weighted by molar-refractivity contribution is 6.04. The van der Waals surface area contributed by atoms with Gasteiger partial charge in [0, 0.05) is 16.9 Å². The summed E-state index contributed by atoms with van der Waals surface area (Å²) < 4.78 is 0. The summed E-state index contributed by atoms with van der Waals surface area (Å²) in [6, 6.07) is 15.9. The molecular weight excluding hydrogens is 280 g/mol. The van der Waals surface area contributed by atoms with Gasteiger partial charge in [0.25, 0.3) is 5.91 Å². The van der Waals surface area contributed by atoms with E-state index in [0.29, 0.717) is 16.9 Å². The topological polar surface area (TPSA) is 72.8 Å². The molecule has 2 aromatic rings. The van der Waals surface area contributed by atoms with Gasteiger partial charge in [-0.25, -0.2) is 0 Å². The number of nitrogens with zero attached hydrogens (tertiary/aromatic N) is 1. The third-order valence-electron chi connectivity index (χ3n) is 3.24. The van der Waals surface area contributed by atoms with Gasteiger partial charge in [0.2, 0.25) is 0 Å². The SMILES string of the molecule is CC(O)N(c1cccc(NC(=O)c2ccccc2)c1)C(C)O. The summed E-state index contributed by atoms with van der Waals surface area (Å²) in [7, 11) is 0. The van der Waals surface area contributed by atoms with Crippen molar-refractivity contribution in [3.05, 3.63) is 60.2 Å². The molecule has 2 atom stereocenters. The molecule has 5 nitrogen and oxygen atoms in total. The molecule has 3 N–H and O–H groups in total. The van der Waals surface area contributed by atoms with E-state index in [2.05, 4.69) is 5.32 Å². The van der Waals surface area contributed by atoms with E-state index in [4.69, 9.17) is 0 Å². The molecule has 0 heterocycles. The molecule has 2 aromatic carbocycles. The number of amides is 1. The van der Waals surface area contributed by atoms with Crippen molar-refractivity contribution < 1.29 is 15.0 Å². The van der Waals surface area contributed by atoms with Gasteiger partial charge in [0.05, 0.1) is 0 Å². The highest BCUT2D eigenvalue weighted by atomic mass is 16.3. The Kier molecular flexibility index (Phi) is 5.14. The molecule has 0 saturated heterocycles. The Labute approximate surface area is 129 Å². The zero-order valence-corrected chi connectivity index (χ0v) is 12.6. The number of aliphatic hydroxyl groups is 2. The molecule has 2 rings (SSSR count). The van der Waals surface area contributed by atoms with Crippen LogP contribution in [0.25, 0.3) is 0 Å². The molecule has 0 aliphatic rings. The van der Waals surface area contributed by atoms with Crippen LogP contribution in [0.1, 0.15) is 24.2 Å². The molecule has 0 aliphatic heterocycles. The van der Waals surface area contributed by atoms with Crippen molar-refractivity contribution in [2.45, 2.75) is 26.3 Å². The summed E-state index contributed by atoms with van der Waals surface area (Å²) in [6.07, 6.45) is -1.69. The second-order valence-corrected chi connectivity index (χ2v) is 5.04. The number of rotatable bonds is 5. The quantitative estimate of drug-likeness (QED) is 0.742. The number of hydrogen-bond donors (Lipinski definition) is 3. The van der Waals surface area contributed by atoms with Gasteiger partial charge in [-0.1, -0.05) is 24.3 Å². The van der Waals surface area contributed by atoms with Gasteiger partial charge in [-0.05, 0) is 44.2 Å². The summed E-state index contributed by atoms with van der Waals surface area (Å²) in [5.41, 5.74) is 1.78. The first-order valence-corrected chi connectivity index (χ1v) is 7.10. The maximum Gasteiger partial charge on any atom is 0.255 e. The van der Waals surface area contributed by atoms with Gasteiger partial charge in [-0.2, -0.15) is 0 Å². The van der Waals surface area contributed by atoms with Gasteiger partial charge in [0.1, 0.15) is 12.5 Å². The minimum Gasteiger partial charge on any atom is -0.374 e. The lowest BCUT2D eigenvalue weighted by Gasteiger charge is -2.30. The first-order valence-electron chi connectivity index (χ1n) is 7.10. The van der Waals surface area contributed by atoms with Crippen LogP contribution in [0.4, 0.5) is 11.4 Å². The van der Waals surface area contributed by atoms with Crippen LogP contribution in [-0.4, -0.2) is 28.6 Å². The normalized spacial score (nSPS) is 13.3. The summed E-state index contributed by atoms with van der Waals surface area (Å²) >= 11 is 0. The lowest BCUT2D eigenvalue weighted by Crippen LogP contribution is -2.40. The Morgan fingerprint density at radius 3 is 2.23 bits per heavy atom. The van der Waals surface area contributed by atoms with Crippen molar-refractivity contribution >= 4 is 17.3 Å². The van der Waals surface area contributed by atoms with Crippen molar-refractivity contribution in [2.75, 3.05) is 10.2 Å². The molecule has 5 heteroatoms. The number of nitrogens with one attached hydrogen (secondary N) is 1. The average Bonchev–Trinajstić information content (AvgIpc) is 2.47. The van der Waals surface area contributed by atoms with Crippen LogP contribution in [0, 0.1) is 0 Å². The predicted octanol–water partition coefficient (Wildman–Crippen LogP) is 2.42. The van der Waals surface area contributed by atoms with E-state index in [-0.39, 0.29) is 5.91 Å². The molecule has 0 spiro atoms. The maximum absolute atomic E-state index is 12.1. The van der Waals surface area contributed by atoms with E-state index in [0.717, 1.165) is 0 Å². The Morgan fingerprint density at radius 2 is 1.64 bits per heavy atom. The van der Waals surface area contributed by atoms with E-state index in [1.165, 1.54) is 4.90 Å². The van der Waals surface area contributed by atoms with Gasteiger partial charge in [-0.3, -0.25) is 4.79 Å². The average molecular weight is 300 g/mol. The number of carbonyl (C=O) groups excluding carboxylic acids is 1. The van der Waals surface area contributed by atoms with Crippen molar-refractivity contribution in [1.82, 2.24) is 0 Å². The van der Waals surface area contributed by atoms with E-state index < -0.39 is 12.5 Å². The van der Waals surface area contributed by atoms with Gasteiger partial charge in [0.15, 0.2) is 0 Å². The van der Waals surface area contributed by atoms with Crippen LogP contribution in [0.2, 0.25) is 0 Å². The molecule has 116 valence electrons. The summed E-state index contributed by atoms with van der Waals surface area (Å²) in [5, 5.41) is 22.3. The smallest absolute Gasteiger partial charge is 0.255 e. The summed E-state index contributed by atoms with van der Waals surface area (Å²) in [4.78, 5) is 13.6. The van der Waals surface area contributed by atoms with Crippen molar-refractivity contribution in [2.24, 2.45) is 0 Å². The van der Waals surface area contributed by atoms with Crippen LogP contribution in [0.15, 0.2) is 54.6 Å². The zero-order valence-electron chi connectivity index (χ0n) is 12.6. The Bertz CT molecular complexity index is 619. The number of benzene rings is 2. The fourth-order valence-corrected chi connectivity index (χ4v) is 2.28. The van der Waals surface area contributed by atoms with Gasteiger partial charge >= 0.3 is 0 Å². The van der Waals surface area contributed by atoms with E-state index >= 15 is 0 Å². The number of hydrogen-bond acceptors (Lipinski definition) is 4. The van der Waals surface area contributed by atoms with E-state index in [1.54, 1.807) is 62.4 Å². The standard InChI is InChI=1S/C17H20N2O3/c1-12(20)19(13(2)21)16-10-6-9-15(11-16)18-17(22)14-7-4-3-5-8-14/h3-13,20-21H,1-2H3,(H,18,22). The number of aliphatic hydroxyl groups excluding tert-OH is 2. The molecule has 0 bridgehead atoms. The molecule has 0 aromatic heterocycles. The third kappa shape index (κ3) is 3.84. The second-order valence-electron chi connectivity index (χ2n) is 5.04. The van der Waals surface area contributed by atoms with E-state index in [9.17, 15) is 15.0 Å². The molecule has 0 aliphatic carbocycles. The van der Waals surface area contributed by atoms with Crippen LogP contribution in [0.3, 0.4) is 0 Å². The predicted molar refractivity (Wildman–Crippen MR) is 86.7 cm³/mol. The highest BCUT2D eigenvalue weighted by Gasteiger charge is 2.17. The van der Waals surface area contributed by atoms with Crippen molar-refractivity contribution in [3.63, 3.8) is 0 Å². The van der Waals surface area contributed by atoms with Crippen molar-refractivity contribution in [3.8, 4) is 0 Å². The molecule has 0 fully saturated rings. The molecular formula is C17H20N2O3. The first-order chi connectivity index (χ1) is 10.5. The monoisotopic (exact) mass is 300 g/mol. The molecule has 0 radical (unpaired) electrons. The van der Waals surface area contributed by atoms with Crippen LogP contribution in [0.5, 0.6) is 0 Å². The third-order valence-corrected chi connectivity index (χ3v) is 3.24. The van der Waals surface area contributed by atoms with E-state index in [1.807, 2.05) is 6.07 Å². The molecule has 2 unspecified atom stereocenters. The Morgan fingerprint density at radius 1 is 1.00 bits per heavy atom. The lowest BCUT2D eigenvalue weighted by molar-refractivity contribution is 0.102. The summed E-state index contributed by atoms with van der Waals surface area (Å²) in [5.74, 6) is -0.210. The minimum absolute atomic E-state index is 0.210. The first kappa shape index (κ1) is 16.0. The molecule has 0 saturated carbocycles. The maximum atomic E-state index is 12.1. The molecule has 1 amide bonds. The van der Waals surface area contributed by atoms with Crippen LogP contribution < -0.4 is 10.2 Å². The largest absolute Gasteiger partial charge is 0.374 e. The van der Waals surface area contributed by atoms with Crippen molar-refractivity contribution in [1.29, 1.82) is 0 Å². The lowest BCUT2D eigenvalue weighted by atomic mass is 10.2. The molecule has 22 heavy (non-hydrogen) atoms. The van der Waals surface area contributed by atoms with Gasteiger partial charge in [-0.15, -0.1) is 0 Å². The summed E-state index contributed by atoms with van der Waals surface area (Å²) in [6.45, 7) is 3.14. The second kappa shape index (κ2) is 7.06. The van der Waals surface area contributed by atoms with Crippen LogP contribution >= 0.6 is 0 Å². The Balaban J connectivity index is 2.20. The van der Waals surface area contributed by atoms with Crippen LogP contribution in [-0.2, 0) is 0 Å².